The first-order valence-corrected chi connectivity index (χ1v) is 9.42. The second-order valence-corrected chi connectivity index (χ2v) is 7.06. The van der Waals surface area contributed by atoms with Gasteiger partial charge in [-0.1, -0.05) is 50.2 Å². The summed E-state index contributed by atoms with van der Waals surface area (Å²) in [6.45, 7) is 6.27. The van der Waals surface area contributed by atoms with Crippen LogP contribution in [-0.2, 0) is 0 Å². The molecule has 0 aliphatic carbocycles. The van der Waals surface area contributed by atoms with Crippen LogP contribution >= 0.6 is 0 Å². The largest absolute Gasteiger partial charge is 0.340 e. The Morgan fingerprint density at radius 3 is 2.25 bits per heavy atom. The molecule has 0 amide bonds. The van der Waals surface area contributed by atoms with E-state index in [1.807, 2.05) is 37.3 Å². The fourth-order valence-electron chi connectivity index (χ4n) is 3.29. The molecule has 0 spiro atoms. The van der Waals surface area contributed by atoms with Gasteiger partial charge < -0.3 is 10.6 Å². The number of pyridine rings is 1. The van der Waals surface area contributed by atoms with Crippen LogP contribution in [-0.4, -0.2) is 15.0 Å². The van der Waals surface area contributed by atoms with Gasteiger partial charge in [0.15, 0.2) is 0 Å². The number of fused-ring (bicyclic) bond motifs is 1. The monoisotopic (exact) mass is 369 g/mol. The predicted molar refractivity (Wildman–Crippen MR) is 116 cm³/mol. The van der Waals surface area contributed by atoms with Gasteiger partial charge in [0.05, 0.1) is 11.2 Å². The Labute approximate surface area is 164 Å². The van der Waals surface area contributed by atoms with Crippen LogP contribution in [0.3, 0.4) is 0 Å². The molecule has 0 saturated carbocycles. The maximum Gasteiger partial charge on any atom is 0.136 e. The fourth-order valence-corrected chi connectivity index (χ4v) is 3.29. The zero-order valence-corrected chi connectivity index (χ0v) is 16.3. The van der Waals surface area contributed by atoms with Gasteiger partial charge >= 0.3 is 0 Å². The lowest BCUT2D eigenvalue weighted by Crippen LogP contribution is -2.03. The third-order valence-corrected chi connectivity index (χ3v) is 4.58. The zero-order chi connectivity index (χ0) is 19.5. The molecule has 4 rings (SSSR count). The fraction of sp³-hybridized carbons (Fsp3) is 0.174. The lowest BCUT2D eigenvalue weighted by atomic mass is 10.0. The molecule has 0 radical (unpaired) electrons. The van der Waals surface area contributed by atoms with Crippen molar-refractivity contribution >= 4 is 33.9 Å². The molecule has 28 heavy (non-hydrogen) atoms. The first-order chi connectivity index (χ1) is 13.6. The molecular formula is C23H23N5. The van der Waals surface area contributed by atoms with Gasteiger partial charge in [-0.15, -0.1) is 0 Å². The standard InChI is InChI=1S/C23H23N5/c1-15(2)18-10-4-5-11-19(18)27-21-14-22(26-16(3)25-21)28-20-12-6-8-17-9-7-13-24-23(17)20/h4-15H,1-3H3,(H2,25,26,27,28). The van der Waals surface area contributed by atoms with Crippen LogP contribution in [0.1, 0.15) is 31.2 Å². The summed E-state index contributed by atoms with van der Waals surface area (Å²) in [6.07, 6.45) is 1.80. The number of nitrogens with one attached hydrogen (secondary N) is 2. The minimum Gasteiger partial charge on any atom is -0.340 e. The van der Waals surface area contributed by atoms with Gasteiger partial charge in [-0.25, -0.2) is 9.97 Å². The number of anilines is 4. The first kappa shape index (κ1) is 17.9. The zero-order valence-electron chi connectivity index (χ0n) is 16.3. The highest BCUT2D eigenvalue weighted by molar-refractivity contribution is 5.91. The maximum atomic E-state index is 4.56. The van der Waals surface area contributed by atoms with Crippen molar-refractivity contribution in [2.45, 2.75) is 26.7 Å². The molecule has 0 saturated heterocycles. The third-order valence-electron chi connectivity index (χ3n) is 4.58. The summed E-state index contributed by atoms with van der Waals surface area (Å²) in [6, 6.07) is 20.3. The summed E-state index contributed by atoms with van der Waals surface area (Å²) in [5.74, 6) is 2.61. The van der Waals surface area contributed by atoms with E-state index in [2.05, 4.69) is 69.8 Å². The summed E-state index contributed by atoms with van der Waals surface area (Å²) >= 11 is 0. The molecule has 5 heteroatoms. The van der Waals surface area contributed by atoms with Gasteiger partial charge in [0, 0.05) is 23.3 Å². The molecule has 2 heterocycles. The molecule has 2 N–H and O–H groups in total. The molecule has 0 atom stereocenters. The Morgan fingerprint density at radius 2 is 1.46 bits per heavy atom. The van der Waals surface area contributed by atoms with E-state index in [0.717, 1.165) is 33.9 Å². The highest BCUT2D eigenvalue weighted by Crippen LogP contribution is 2.28. The van der Waals surface area contributed by atoms with E-state index in [0.29, 0.717) is 11.7 Å². The minimum atomic E-state index is 0.422. The number of aryl methyl sites for hydroxylation is 1. The van der Waals surface area contributed by atoms with Crippen molar-refractivity contribution in [3.63, 3.8) is 0 Å². The van der Waals surface area contributed by atoms with E-state index in [-0.39, 0.29) is 0 Å². The van der Waals surface area contributed by atoms with Crippen LogP contribution in [0.5, 0.6) is 0 Å². The number of benzene rings is 2. The average Bonchev–Trinajstić information content (AvgIpc) is 2.68. The predicted octanol–water partition coefficient (Wildman–Crippen LogP) is 5.94. The summed E-state index contributed by atoms with van der Waals surface area (Å²) in [5.41, 5.74) is 4.16. The van der Waals surface area contributed by atoms with Crippen LogP contribution in [0, 0.1) is 6.92 Å². The van der Waals surface area contributed by atoms with Gasteiger partial charge in [0.2, 0.25) is 0 Å². The van der Waals surface area contributed by atoms with Gasteiger partial charge in [-0.3, -0.25) is 4.98 Å². The number of para-hydroxylation sites is 2. The van der Waals surface area contributed by atoms with Crippen LogP contribution in [0.4, 0.5) is 23.0 Å². The molecule has 0 fully saturated rings. The molecule has 0 aliphatic heterocycles. The summed E-state index contributed by atoms with van der Waals surface area (Å²) in [4.78, 5) is 13.6. The second kappa shape index (κ2) is 7.64. The molecule has 0 aliphatic rings. The Bertz CT molecular complexity index is 1120. The molecule has 4 aromatic rings. The molecule has 0 bridgehead atoms. The van der Waals surface area contributed by atoms with Crippen molar-refractivity contribution in [2.75, 3.05) is 10.6 Å². The Kier molecular flexibility index (Phi) is 4.89. The van der Waals surface area contributed by atoms with E-state index in [9.17, 15) is 0 Å². The molecule has 2 aromatic carbocycles. The Hall–Kier alpha value is -3.47. The summed E-state index contributed by atoms with van der Waals surface area (Å²) in [7, 11) is 0. The molecule has 5 nitrogen and oxygen atoms in total. The first-order valence-electron chi connectivity index (χ1n) is 9.42. The smallest absolute Gasteiger partial charge is 0.136 e. The molecule has 140 valence electrons. The van der Waals surface area contributed by atoms with Crippen LogP contribution in [0.2, 0.25) is 0 Å². The Balaban J connectivity index is 1.66. The third kappa shape index (κ3) is 3.78. The van der Waals surface area contributed by atoms with Gasteiger partial charge in [-0.05, 0) is 36.6 Å². The average molecular weight is 369 g/mol. The van der Waals surface area contributed by atoms with Crippen LogP contribution < -0.4 is 10.6 Å². The van der Waals surface area contributed by atoms with Crippen LogP contribution in [0.25, 0.3) is 10.9 Å². The lowest BCUT2D eigenvalue weighted by molar-refractivity contribution is 0.868. The van der Waals surface area contributed by atoms with Gasteiger partial charge in [0.1, 0.15) is 17.5 Å². The Morgan fingerprint density at radius 1 is 0.786 bits per heavy atom. The van der Waals surface area contributed by atoms with Crippen molar-refractivity contribution in [2.24, 2.45) is 0 Å². The normalized spacial score (nSPS) is 11.0. The number of nitrogens with zero attached hydrogens (tertiary/aromatic N) is 3. The van der Waals surface area contributed by atoms with Crippen molar-refractivity contribution in [3.8, 4) is 0 Å². The van der Waals surface area contributed by atoms with E-state index in [1.165, 1.54) is 5.56 Å². The highest BCUT2D eigenvalue weighted by atomic mass is 15.1. The van der Waals surface area contributed by atoms with E-state index < -0.39 is 0 Å². The summed E-state index contributed by atoms with van der Waals surface area (Å²) < 4.78 is 0. The number of rotatable bonds is 5. The van der Waals surface area contributed by atoms with Gasteiger partial charge in [0.25, 0.3) is 0 Å². The molecular weight excluding hydrogens is 346 g/mol. The highest BCUT2D eigenvalue weighted by Gasteiger charge is 2.09. The topological polar surface area (TPSA) is 62.7 Å². The van der Waals surface area contributed by atoms with Gasteiger partial charge in [-0.2, -0.15) is 0 Å². The van der Waals surface area contributed by atoms with E-state index in [1.54, 1.807) is 6.20 Å². The number of aromatic nitrogens is 3. The number of hydrogen-bond donors (Lipinski definition) is 2. The SMILES string of the molecule is Cc1nc(Nc2ccccc2C(C)C)cc(Nc2cccc3cccnc23)n1. The van der Waals surface area contributed by atoms with Crippen molar-refractivity contribution < 1.29 is 0 Å². The van der Waals surface area contributed by atoms with E-state index >= 15 is 0 Å². The summed E-state index contributed by atoms with van der Waals surface area (Å²) in [5, 5.41) is 7.93. The molecule has 2 aromatic heterocycles. The van der Waals surface area contributed by atoms with E-state index in [4.69, 9.17) is 0 Å². The lowest BCUT2D eigenvalue weighted by Gasteiger charge is -2.15. The van der Waals surface area contributed by atoms with Crippen molar-refractivity contribution in [1.82, 2.24) is 15.0 Å². The minimum absolute atomic E-state index is 0.422. The maximum absolute atomic E-state index is 4.56. The second-order valence-electron chi connectivity index (χ2n) is 7.06. The molecule has 0 unspecified atom stereocenters. The number of hydrogen-bond acceptors (Lipinski definition) is 5. The van der Waals surface area contributed by atoms with Crippen molar-refractivity contribution in [1.29, 1.82) is 0 Å². The quantitative estimate of drug-likeness (QED) is 0.455. The van der Waals surface area contributed by atoms with Crippen molar-refractivity contribution in [3.05, 3.63) is 78.2 Å². The van der Waals surface area contributed by atoms with Crippen LogP contribution in [0.15, 0.2) is 66.9 Å².